The highest BCUT2D eigenvalue weighted by atomic mass is 32.2. The van der Waals surface area contributed by atoms with Crippen LogP contribution >= 0.6 is 11.3 Å². The summed E-state index contributed by atoms with van der Waals surface area (Å²) >= 11 is 1.24. The van der Waals surface area contributed by atoms with Gasteiger partial charge in [0.25, 0.3) is 15.9 Å². The Hall–Kier alpha value is -1.94. The number of ether oxygens (including phenoxy) is 1. The fourth-order valence-corrected chi connectivity index (χ4v) is 11.1. The van der Waals surface area contributed by atoms with Crippen LogP contribution in [-0.4, -0.2) is 51.4 Å². The summed E-state index contributed by atoms with van der Waals surface area (Å²) in [4.78, 5) is 13.4. The first-order valence-corrected chi connectivity index (χ1v) is 16.8. The van der Waals surface area contributed by atoms with Crippen LogP contribution in [0.2, 0.25) is 0 Å². The SMILES string of the molecule is COc1cccc(C(=O)NCc2ccc(S(=O)(=O)N3CCCC(NCC45CC6CC(CC(C6)C4)C5)CC3)s2)c1. The first kappa shape index (κ1) is 27.2. The molecule has 2 N–H and O–H groups in total. The van der Waals surface area contributed by atoms with Crippen molar-refractivity contribution in [3.8, 4) is 5.75 Å². The molecule has 4 saturated carbocycles. The predicted molar refractivity (Wildman–Crippen MR) is 153 cm³/mol. The minimum Gasteiger partial charge on any atom is -0.497 e. The number of carbonyl (C=O) groups is 1. The smallest absolute Gasteiger partial charge is 0.252 e. The molecule has 1 amide bonds. The second-order valence-corrected chi connectivity index (χ2v) is 15.8. The number of rotatable bonds is 9. The zero-order valence-electron chi connectivity index (χ0n) is 22.9. The summed E-state index contributed by atoms with van der Waals surface area (Å²) in [5, 5.41) is 6.80. The molecule has 1 aromatic carbocycles. The van der Waals surface area contributed by atoms with Crippen molar-refractivity contribution < 1.29 is 17.9 Å². The zero-order valence-corrected chi connectivity index (χ0v) is 24.5. The molecule has 5 aliphatic rings. The lowest BCUT2D eigenvalue weighted by atomic mass is 9.49. The van der Waals surface area contributed by atoms with Gasteiger partial charge in [0.2, 0.25) is 0 Å². The van der Waals surface area contributed by atoms with Gasteiger partial charge >= 0.3 is 0 Å². The van der Waals surface area contributed by atoms with Gasteiger partial charge in [0.05, 0.1) is 13.7 Å². The van der Waals surface area contributed by atoms with Crippen molar-refractivity contribution in [3.05, 3.63) is 46.8 Å². The average molecular weight is 572 g/mol. The molecular formula is C30H41N3O4S2. The largest absolute Gasteiger partial charge is 0.497 e. The first-order chi connectivity index (χ1) is 18.8. The lowest BCUT2D eigenvalue weighted by Gasteiger charge is -2.57. The van der Waals surface area contributed by atoms with Gasteiger partial charge in [0.1, 0.15) is 9.96 Å². The number of nitrogens with one attached hydrogen (secondary N) is 2. The molecule has 212 valence electrons. The molecule has 7 rings (SSSR count). The summed E-state index contributed by atoms with van der Waals surface area (Å²) < 4.78 is 34.2. The summed E-state index contributed by atoms with van der Waals surface area (Å²) in [6.07, 6.45) is 11.4. The molecule has 1 aliphatic heterocycles. The Morgan fingerprint density at radius 3 is 2.51 bits per heavy atom. The molecule has 7 nitrogen and oxygen atoms in total. The van der Waals surface area contributed by atoms with Gasteiger partial charge < -0.3 is 15.4 Å². The molecule has 1 aromatic heterocycles. The maximum atomic E-state index is 13.5. The molecule has 4 aliphatic carbocycles. The van der Waals surface area contributed by atoms with Crippen molar-refractivity contribution in [1.82, 2.24) is 14.9 Å². The monoisotopic (exact) mass is 571 g/mol. The molecule has 9 heteroatoms. The molecule has 1 atom stereocenters. The van der Waals surface area contributed by atoms with Crippen molar-refractivity contribution in [2.24, 2.45) is 23.2 Å². The van der Waals surface area contributed by atoms with Crippen molar-refractivity contribution in [2.75, 3.05) is 26.7 Å². The average Bonchev–Trinajstić information content (AvgIpc) is 3.28. The third-order valence-corrected chi connectivity index (χ3v) is 13.1. The van der Waals surface area contributed by atoms with E-state index in [4.69, 9.17) is 4.74 Å². The number of benzene rings is 1. The minimum absolute atomic E-state index is 0.216. The molecule has 1 unspecified atom stereocenters. The fraction of sp³-hybridized carbons (Fsp3) is 0.633. The van der Waals surface area contributed by atoms with E-state index in [1.165, 1.54) is 49.9 Å². The second kappa shape index (κ2) is 11.1. The van der Waals surface area contributed by atoms with E-state index in [0.717, 1.165) is 48.4 Å². The van der Waals surface area contributed by atoms with E-state index < -0.39 is 10.0 Å². The van der Waals surface area contributed by atoms with E-state index in [9.17, 15) is 13.2 Å². The summed E-state index contributed by atoms with van der Waals surface area (Å²) in [5.41, 5.74) is 1.01. The standard InChI is InChI=1S/C30H41N3O4S2/c1-37-26-6-2-4-24(15-26)29(34)31-19-27-7-8-28(38-27)39(35,36)33-10-3-5-25(9-11-33)32-20-30-16-21-12-22(17-30)14-23(13-21)18-30/h2,4,6-8,15,21-23,25,32H,3,5,9-14,16-20H2,1H3,(H,31,34). The molecule has 0 radical (unpaired) electrons. The van der Waals surface area contributed by atoms with E-state index in [0.29, 0.717) is 40.1 Å². The maximum absolute atomic E-state index is 13.5. The quantitative estimate of drug-likeness (QED) is 0.441. The van der Waals surface area contributed by atoms with Crippen LogP contribution in [0.25, 0.3) is 0 Å². The van der Waals surface area contributed by atoms with Crippen molar-refractivity contribution in [2.45, 2.75) is 74.6 Å². The van der Waals surface area contributed by atoms with Crippen molar-refractivity contribution in [3.63, 3.8) is 0 Å². The van der Waals surface area contributed by atoms with Crippen LogP contribution in [0.1, 0.15) is 73.0 Å². The highest BCUT2D eigenvalue weighted by molar-refractivity contribution is 7.91. The molecule has 5 fully saturated rings. The molecule has 2 aromatic rings. The second-order valence-electron chi connectivity index (χ2n) is 12.5. The van der Waals surface area contributed by atoms with Crippen molar-refractivity contribution >= 4 is 27.3 Å². The fourth-order valence-electron chi connectivity index (χ4n) is 8.13. The van der Waals surface area contributed by atoms with Gasteiger partial charge in [0.15, 0.2) is 0 Å². The number of hydrogen-bond acceptors (Lipinski definition) is 6. The van der Waals surface area contributed by atoms with Crippen LogP contribution in [0, 0.1) is 23.2 Å². The summed E-state index contributed by atoms with van der Waals surface area (Å²) in [6, 6.07) is 10.9. The first-order valence-electron chi connectivity index (χ1n) is 14.6. The van der Waals surface area contributed by atoms with Gasteiger partial charge in [-0.25, -0.2) is 8.42 Å². The van der Waals surface area contributed by atoms with Crippen molar-refractivity contribution in [1.29, 1.82) is 0 Å². The topological polar surface area (TPSA) is 87.7 Å². The minimum atomic E-state index is -3.54. The third-order valence-electron chi connectivity index (χ3n) is 9.60. The van der Waals surface area contributed by atoms with E-state index in [1.54, 1.807) is 47.8 Å². The van der Waals surface area contributed by atoms with Gasteiger partial charge in [-0.15, -0.1) is 11.3 Å². The summed E-state index contributed by atoms with van der Waals surface area (Å²) in [6.45, 7) is 2.52. The summed E-state index contributed by atoms with van der Waals surface area (Å²) in [7, 11) is -1.98. The highest BCUT2D eigenvalue weighted by Gasteiger charge is 2.50. The highest BCUT2D eigenvalue weighted by Crippen LogP contribution is 2.59. The number of thiophene rings is 1. The number of amides is 1. The van der Waals surface area contributed by atoms with Gasteiger partial charge in [-0.05, 0) is 111 Å². The molecule has 2 heterocycles. The van der Waals surface area contributed by atoms with Crippen LogP contribution in [0.5, 0.6) is 5.75 Å². The Balaban J connectivity index is 1.01. The van der Waals surface area contributed by atoms with E-state index in [1.807, 2.05) is 0 Å². The molecule has 1 saturated heterocycles. The Labute approximate surface area is 236 Å². The van der Waals surface area contributed by atoms with E-state index in [-0.39, 0.29) is 12.5 Å². The lowest BCUT2D eigenvalue weighted by Crippen LogP contribution is -2.51. The number of carbonyl (C=O) groups excluding carboxylic acids is 1. The van der Waals surface area contributed by atoms with Gasteiger partial charge in [-0.2, -0.15) is 4.31 Å². The zero-order chi connectivity index (χ0) is 27.0. The van der Waals surface area contributed by atoms with E-state index in [2.05, 4.69) is 10.6 Å². The molecule has 39 heavy (non-hydrogen) atoms. The Kier molecular flexibility index (Phi) is 7.79. The van der Waals surface area contributed by atoms with Crippen LogP contribution in [-0.2, 0) is 16.6 Å². The van der Waals surface area contributed by atoms with Crippen LogP contribution < -0.4 is 15.4 Å². The number of hydrogen-bond donors (Lipinski definition) is 2. The third kappa shape index (κ3) is 5.92. The lowest BCUT2D eigenvalue weighted by molar-refractivity contribution is -0.0526. The number of nitrogens with zero attached hydrogens (tertiary/aromatic N) is 1. The van der Waals surface area contributed by atoms with Gasteiger partial charge in [0, 0.05) is 36.1 Å². The number of sulfonamides is 1. The molecule has 0 spiro atoms. The summed E-state index contributed by atoms with van der Waals surface area (Å²) in [5.74, 6) is 3.28. The van der Waals surface area contributed by atoms with Crippen LogP contribution in [0.4, 0.5) is 0 Å². The predicted octanol–water partition coefficient (Wildman–Crippen LogP) is 5.04. The Morgan fingerprint density at radius 1 is 1.05 bits per heavy atom. The van der Waals surface area contributed by atoms with Crippen LogP contribution in [0.3, 0.4) is 0 Å². The van der Waals surface area contributed by atoms with Gasteiger partial charge in [-0.1, -0.05) is 6.07 Å². The Bertz CT molecular complexity index is 1260. The van der Waals surface area contributed by atoms with Gasteiger partial charge in [-0.3, -0.25) is 4.79 Å². The molecular weight excluding hydrogens is 530 g/mol. The van der Waals surface area contributed by atoms with E-state index >= 15 is 0 Å². The van der Waals surface area contributed by atoms with Crippen LogP contribution in [0.15, 0.2) is 40.6 Å². The molecule has 4 bridgehead atoms. The maximum Gasteiger partial charge on any atom is 0.252 e. The normalized spacial score (nSPS) is 30.7. The Morgan fingerprint density at radius 2 is 1.79 bits per heavy atom. The number of methoxy groups -OCH3 is 1.